The maximum Gasteiger partial charge on any atom is 0.132 e. The van der Waals surface area contributed by atoms with Gasteiger partial charge < -0.3 is 19.5 Å². The van der Waals surface area contributed by atoms with E-state index in [1.807, 2.05) is 18.2 Å². The third-order valence-corrected chi connectivity index (χ3v) is 7.83. The van der Waals surface area contributed by atoms with Crippen LogP contribution in [-0.4, -0.2) is 18.3 Å². The molecule has 1 aliphatic heterocycles. The first-order chi connectivity index (χ1) is 20.4. The maximum atomic E-state index is 13.4. The first kappa shape index (κ1) is 28.0. The van der Waals surface area contributed by atoms with Crippen LogP contribution in [0.4, 0.5) is 10.1 Å². The largest absolute Gasteiger partial charge is 0.485 e. The highest BCUT2D eigenvalue weighted by atomic mass is 19.1. The van der Waals surface area contributed by atoms with E-state index >= 15 is 0 Å². The molecule has 0 radical (unpaired) electrons. The predicted molar refractivity (Wildman–Crippen MR) is 166 cm³/mol. The summed E-state index contributed by atoms with van der Waals surface area (Å²) in [5.41, 5.74) is 4.60. The molecule has 5 aromatic rings. The molecule has 1 N–H and O–H groups in total. The van der Waals surface area contributed by atoms with Gasteiger partial charge in [0.1, 0.15) is 29.4 Å². The predicted octanol–water partition coefficient (Wildman–Crippen LogP) is 8.65. The first-order valence-electron chi connectivity index (χ1n) is 14.5. The summed E-state index contributed by atoms with van der Waals surface area (Å²) in [6.45, 7) is 5.70. The van der Waals surface area contributed by atoms with E-state index in [0.29, 0.717) is 19.8 Å². The lowest BCUT2D eigenvalue weighted by atomic mass is 9.87. The summed E-state index contributed by atoms with van der Waals surface area (Å²) in [5, 5.41) is 5.87. The first-order valence-corrected chi connectivity index (χ1v) is 14.5. The molecule has 2 atom stereocenters. The molecule has 1 heterocycles. The Balaban J connectivity index is 1.25. The molecule has 0 aromatic heterocycles. The van der Waals surface area contributed by atoms with Crippen molar-refractivity contribution in [1.82, 2.24) is 0 Å². The Morgan fingerprint density at radius 3 is 2.29 bits per heavy atom. The molecule has 42 heavy (non-hydrogen) atoms. The van der Waals surface area contributed by atoms with Gasteiger partial charge in [-0.1, -0.05) is 78.9 Å². The van der Waals surface area contributed by atoms with Crippen LogP contribution in [0.5, 0.6) is 5.75 Å². The molecule has 2 unspecified atom stereocenters. The molecule has 0 spiro atoms. The van der Waals surface area contributed by atoms with E-state index in [1.165, 1.54) is 28.5 Å². The summed E-state index contributed by atoms with van der Waals surface area (Å²) in [5.74, 6) is 0.556. The Morgan fingerprint density at radius 2 is 1.48 bits per heavy atom. The molecule has 0 aliphatic carbocycles. The molecular formula is C37H36FNO3. The van der Waals surface area contributed by atoms with Gasteiger partial charge in [0, 0.05) is 17.8 Å². The fraction of sp³-hybridized carbons (Fsp3) is 0.243. The summed E-state index contributed by atoms with van der Waals surface area (Å²) < 4.78 is 33.3. The van der Waals surface area contributed by atoms with Crippen LogP contribution in [0.2, 0.25) is 0 Å². The Morgan fingerprint density at radius 1 is 0.738 bits per heavy atom. The molecule has 0 saturated carbocycles. The summed E-state index contributed by atoms with van der Waals surface area (Å²) >= 11 is 0. The molecule has 5 aromatic carbocycles. The zero-order valence-corrected chi connectivity index (χ0v) is 24.1. The van der Waals surface area contributed by atoms with Crippen molar-refractivity contribution in [1.29, 1.82) is 0 Å². The number of ether oxygens (including phenoxy) is 3. The summed E-state index contributed by atoms with van der Waals surface area (Å²) in [6.07, 6.45) is 0.119. The zero-order chi connectivity index (χ0) is 28.9. The van der Waals surface area contributed by atoms with Crippen molar-refractivity contribution < 1.29 is 18.6 Å². The molecule has 0 bridgehead atoms. The van der Waals surface area contributed by atoms with Gasteiger partial charge in [-0.25, -0.2) is 4.39 Å². The quantitative estimate of drug-likeness (QED) is 0.185. The van der Waals surface area contributed by atoms with Crippen LogP contribution in [0.25, 0.3) is 10.8 Å². The van der Waals surface area contributed by atoms with Gasteiger partial charge in [0.25, 0.3) is 0 Å². The van der Waals surface area contributed by atoms with Gasteiger partial charge in [0.05, 0.1) is 13.2 Å². The van der Waals surface area contributed by atoms with E-state index in [2.05, 4.69) is 92.0 Å². The van der Waals surface area contributed by atoms with Crippen LogP contribution in [-0.2, 0) is 29.0 Å². The third kappa shape index (κ3) is 6.48. The van der Waals surface area contributed by atoms with Gasteiger partial charge in [0.2, 0.25) is 0 Å². The SMILES string of the molecule is CC1(C)Oc2ccc(NCc3ccc(F)cc3)cc2C(OCCc2ccccc2)C1OCc1ccc2ccccc2c1. The fourth-order valence-corrected chi connectivity index (χ4v) is 5.58. The number of anilines is 1. The van der Waals surface area contributed by atoms with Crippen molar-refractivity contribution >= 4 is 16.5 Å². The number of rotatable bonds is 10. The van der Waals surface area contributed by atoms with Crippen LogP contribution >= 0.6 is 0 Å². The Labute approximate surface area is 247 Å². The van der Waals surface area contributed by atoms with E-state index in [-0.39, 0.29) is 18.0 Å². The van der Waals surface area contributed by atoms with Crippen molar-refractivity contribution in [3.63, 3.8) is 0 Å². The molecule has 0 saturated heterocycles. The van der Waals surface area contributed by atoms with Gasteiger partial charge in [-0.05, 0) is 84.1 Å². The second kappa shape index (κ2) is 12.4. The van der Waals surface area contributed by atoms with E-state index in [9.17, 15) is 4.39 Å². The van der Waals surface area contributed by atoms with Crippen molar-refractivity contribution in [3.8, 4) is 5.75 Å². The topological polar surface area (TPSA) is 39.7 Å². The zero-order valence-electron chi connectivity index (χ0n) is 24.1. The fourth-order valence-electron chi connectivity index (χ4n) is 5.58. The summed E-state index contributed by atoms with van der Waals surface area (Å²) in [6, 6.07) is 37.8. The molecule has 1 aliphatic rings. The van der Waals surface area contributed by atoms with E-state index in [1.54, 1.807) is 12.1 Å². The summed E-state index contributed by atoms with van der Waals surface area (Å²) in [4.78, 5) is 0. The Bertz CT molecular complexity index is 1630. The third-order valence-electron chi connectivity index (χ3n) is 7.83. The molecule has 0 amide bonds. The minimum absolute atomic E-state index is 0.238. The monoisotopic (exact) mass is 561 g/mol. The highest BCUT2D eigenvalue weighted by molar-refractivity contribution is 5.82. The minimum atomic E-state index is -0.621. The van der Waals surface area contributed by atoms with Gasteiger partial charge in [0.15, 0.2) is 0 Å². The average molecular weight is 562 g/mol. The lowest BCUT2D eigenvalue weighted by Crippen LogP contribution is -2.51. The van der Waals surface area contributed by atoms with Gasteiger partial charge in [-0.3, -0.25) is 0 Å². The molecule has 214 valence electrons. The van der Waals surface area contributed by atoms with Gasteiger partial charge in [-0.2, -0.15) is 0 Å². The van der Waals surface area contributed by atoms with Crippen LogP contribution in [0.1, 0.15) is 42.2 Å². The number of nitrogens with one attached hydrogen (secondary N) is 1. The highest BCUT2D eigenvalue weighted by Crippen LogP contribution is 2.44. The highest BCUT2D eigenvalue weighted by Gasteiger charge is 2.45. The van der Waals surface area contributed by atoms with Crippen LogP contribution < -0.4 is 10.1 Å². The molecular weight excluding hydrogens is 525 g/mol. The average Bonchev–Trinajstić information content (AvgIpc) is 3.00. The van der Waals surface area contributed by atoms with E-state index in [4.69, 9.17) is 14.2 Å². The number of fused-ring (bicyclic) bond motifs is 2. The summed E-state index contributed by atoms with van der Waals surface area (Å²) in [7, 11) is 0. The second-order valence-corrected chi connectivity index (χ2v) is 11.4. The van der Waals surface area contributed by atoms with Crippen molar-refractivity contribution in [3.05, 3.63) is 143 Å². The van der Waals surface area contributed by atoms with Crippen LogP contribution in [0.15, 0.2) is 115 Å². The van der Waals surface area contributed by atoms with Crippen LogP contribution in [0.3, 0.4) is 0 Å². The molecule has 0 fully saturated rings. The Hall–Kier alpha value is -4.19. The lowest BCUT2D eigenvalue weighted by Gasteiger charge is -2.44. The van der Waals surface area contributed by atoms with Gasteiger partial charge >= 0.3 is 0 Å². The standard InChI is InChI=1S/C37H36FNO3/c1-37(2)36(41-25-28-12-15-29-10-6-7-11-30(29)22-28)35(40-21-20-26-8-4-3-5-9-26)33-23-32(18-19-34(33)42-37)39-24-27-13-16-31(38)17-14-27/h3-19,22-23,35-36,39H,20-21,24-25H2,1-2H3. The van der Waals surface area contributed by atoms with Crippen molar-refractivity contribution in [2.24, 2.45) is 0 Å². The second-order valence-electron chi connectivity index (χ2n) is 11.4. The maximum absolute atomic E-state index is 13.4. The number of hydrogen-bond donors (Lipinski definition) is 1. The van der Waals surface area contributed by atoms with E-state index < -0.39 is 5.60 Å². The molecule has 6 rings (SSSR count). The van der Waals surface area contributed by atoms with E-state index in [0.717, 1.165) is 34.5 Å². The molecule has 5 heteroatoms. The number of hydrogen-bond acceptors (Lipinski definition) is 4. The Kier molecular flexibility index (Phi) is 8.22. The normalized spacial score (nSPS) is 17.4. The number of benzene rings is 5. The van der Waals surface area contributed by atoms with Crippen molar-refractivity contribution in [2.45, 2.75) is 51.2 Å². The lowest BCUT2D eigenvalue weighted by molar-refractivity contribution is -0.167. The smallest absolute Gasteiger partial charge is 0.132 e. The van der Waals surface area contributed by atoms with Crippen molar-refractivity contribution in [2.75, 3.05) is 11.9 Å². The van der Waals surface area contributed by atoms with Gasteiger partial charge in [-0.15, -0.1) is 0 Å². The van der Waals surface area contributed by atoms with Crippen LogP contribution in [0, 0.1) is 5.82 Å². The minimum Gasteiger partial charge on any atom is -0.485 e. The molecule has 4 nitrogen and oxygen atoms in total. The number of halogens is 1.